The first-order valence-electron chi connectivity index (χ1n) is 7.64. The van der Waals surface area contributed by atoms with Crippen LogP contribution in [0.25, 0.3) is 0 Å². The summed E-state index contributed by atoms with van der Waals surface area (Å²) in [5.41, 5.74) is 2.70. The highest BCUT2D eigenvalue weighted by Gasteiger charge is 2.75. The van der Waals surface area contributed by atoms with Crippen molar-refractivity contribution in [2.45, 2.75) is 39.2 Å². The Hall–Kier alpha value is -2.37. The molecule has 1 saturated heterocycles. The van der Waals surface area contributed by atoms with E-state index in [1.54, 1.807) is 30.3 Å². The number of fused-ring (bicyclic) bond motifs is 2. The third kappa shape index (κ3) is 1.90. The molecule has 0 spiro atoms. The lowest BCUT2D eigenvalue weighted by atomic mass is 9.66. The van der Waals surface area contributed by atoms with Gasteiger partial charge in [-0.25, -0.2) is 0 Å². The van der Waals surface area contributed by atoms with E-state index in [-0.39, 0.29) is 5.97 Å². The van der Waals surface area contributed by atoms with E-state index < -0.39 is 28.2 Å². The number of hydrogen-bond acceptors (Lipinski definition) is 4. The molecule has 1 aromatic rings. The Bertz CT molecular complexity index is 685. The summed E-state index contributed by atoms with van der Waals surface area (Å²) in [5, 5.41) is 0. The minimum atomic E-state index is -1.23. The van der Waals surface area contributed by atoms with Crippen molar-refractivity contribution in [3.63, 3.8) is 0 Å². The molecular formula is C17H20N2O4. The van der Waals surface area contributed by atoms with Gasteiger partial charge in [-0.3, -0.25) is 25.2 Å². The quantitative estimate of drug-likeness (QED) is 0.641. The average Bonchev–Trinajstić information content (AvgIpc) is 2.83. The topological polar surface area (TPSA) is 84.5 Å². The van der Waals surface area contributed by atoms with Gasteiger partial charge in [0, 0.05) is 11.0 Å². The van der Waals surface area contributed by atoms with E-state index in [1.165, 1.54) is 0 Å². The highest BCUT2D eigenvalue weighted by molar-refractivity contribution is 5.99. The van der Waals surface area contributed by atoms with E-state index in [4.69, 9.17) is 4.74 Å². The van der Waals surface area contributed by atoms with Crippen molar-refractivity contribution in [1.29, 1.82) is 0 Å². The maximum absolute atomic E-state index is 12.7. The molecule has 1 aliphatic carbocycles. The number of rotatable bonds is 2. The van der Waals surface area contributed by atoms with Crippen LogP contribution in [0.4, 0.5) is 0 Å². The highest BCUT2D eigenvalue weighted by Crippen LogP contribution is 2.65. The fraction of sp³-hybridized carbons (Fsp3) is 0.471. The number of hydrazine groups is 1. The van der Waals surface area contributed by atoms with Gasteiger partial charge in [0.25, 0.3) is 11.8 Å². The molecule has 1 aromatic carbocycles. The minimum absolute atomic E-state index is 0.349. The Labute approximate surface area is 134 Å². The van der Waals surface area contributed by atoms with E-state index in [1.807, 2.05) is 20.8 Å². The van der Waals surface area contributed by atoms with Crippen molar-refractivity contribution in [2.24, 2.45) is 10.8 Å². The molecule has 2 aliphatic rings. The summed E-state index contributed by atoms with van der Waals surface area (Å²) in [5.74, 6) is -1.25. The number of esters is 1. The van der Waals surface area contributed by atoms with E-state index in [9.17, 15) is 14.4 Å². The van der Waals surface area contributed by atoms with Gasteiger partial charge in [-0.05, 0) is 31.9 Å². The van der Waals surface area contributed by atoms with Crippen LogP contribution < -0.4 is 10.9 Å². The Balaban J connectivity index is 1.74. The zero-order valence-corrected chi connectivity index (χ0v) is 13.4. The molecule has 2 atom stereocenters. The van der Waals surface area contributed by atoms with Crippen molar-refractivity contribution >= 4 is 17.8 Å². The van der Waals surface area contributed by atoms with Gasteiger partial charge in [0.2, 0.25) is 0 Å². The van der Waals surface area contributed by atoms with Gasteiger partial charge >= 0.3 is 5.97 Å². The number of amides is 2. The Kier molecular flexibility index (Phi) is 3.25. The van der Waals surface area contributed by atoms with Gasteiger partial charge in [-0.1, -0.05) is 32.0 Å². The number of benzene rings is 1. The summed E-state index contributed by atoms with van der Waals surface area (Å²) >= 11 is 0. The van der Waals surface area contributed by atoms with Gasteiger partial charge in [0.1, 0.15) is 0 Å². The number of nitrogens with one attached hydrogen (secondary N) is 2. The predicted molar refractivity (Wildman–Crippen MR) is 82.0 cm³/mol. The van der Waals surface area contributed by atoms with Crippen molar-refractivity contribution in [1.82, 2.24) is 10.9 Å². The molecule has 2 amide bonds. The molecule has 3 rings (SSSR count). The molecular weight excluding hydrogens is 296 g/mol. The normalized spacial score (nSPS) is 30.7. The lowest BCUT2D eigenvalue weighted by Crippen LogP contribution is -2.57. The van der Waals surface area contributed by atoms with Gasteiger partial charge in [-0.15, -0.1) is 0 Å². The first-order valence-corrected chi connectivity index (χ1v) is 7.64. The molecule has 1 saturated carbocycles. The van der Waals surface area contributed by atoms with Crippen LogP contribution in [0.2, 0.25) is 0 Å². The van der Waals surface area contributed by atoms with Gasteiger partial charge < -0.3 is 4.74 Å². The number of ether oxygens (including phenoxy) is 1. The fourth-order valence-corrected chi connectivity index (χ4v) is 3.62. The van der Waals surface area contributed by atoms with Crippen LogP contribution in [0, 0.1) is 10.8 Å². The van der Waals surface area contributed by atoms with Crippen molar-refractivity contribution in [2.75, 3.05) is 0 Å². The third-order valence-corrected chi connectivity index (χ3v) is 5.78. The largest absolute Gasteiger partial charge is 0.448 e. The summed E-state index contributed by atoms with van der Waals surface area (Å²) in [4.78, 5) is 36.8. The SMILES string of the molecule is CC1(C)[C@@]2(C)CC[C@@]1(C(=O)NNC(=O)c1ccccc1)OC2=O. The van der Waals surface area contributed by atoms with Gasteiger partial charge in [-0.2, -0.15) is 0 Å². The second-order valence-electron chi connectivity index (χ2n) is 6.95. The second kappa shape index (κ2) is 4.81. The lowest BCUT2D eigenvalue weighted by molar-refractivity contribution is -0.168. The standard InChI is InChI=1S/C17H20N2O4/c1-15(2)16(3)9-10-17(15,23-14(16)22)13(21)19-18-12(20)11-7-5-4-6-8-11/h4-8H,9-10H2,1-3H3,(H,18,20)(H,19,21)/t16-,17-/m0/s1. The maximum Gasteiger partial charge on any atom is 0.313 e. The van der Waals surface area contributed by atoms with Gasteiger partial charge in [0.05, 0.1) is 5.41 Å². The maximum atomic E-state index is 12.7. The Morgan fingerprint density at radius 1 is 1.04 bits per heavy atom. The van der Waals surface area contributed by atoms with Crippen molar-refractivity contribution in [3.05, 3.63) is 35.9 Å². The van der Waals surface area contributed by atoms with Crippen LogP contribution in [-0.2, 0) is 14.3 Å². The summed E-state index contributed by atoms with van der Waals surface area (Å²) in [7, 11) is 0. The monoisotopic (exact) mass is 316 g/mol. The molecule has 2 fully saturated rings. The Morgan fingerprint density at radius 3 is 2.22 bits per heavy atom. The second-order valence-corrected chi connectivity index (χ2v) is 6.95. The summed E-state index contributed by atoms with van der Waals surface area (Å²) in [6.07, 6.45) is 1.05. The minimum Gasteiger partial charge on any atom is -0.448 e. The molecule has 0 radical (unpaired) electrons. The molecule has 0 aromatic heterocycles. The first-order chi connectivity index (χ1) is 10.7. The van der Waals surface area contributed by atoms with Crippen LogP contribution >= 0.6 is 0 Å². The van der Waals surface area contributed by atoms with Crippen LogP contribution in [-0.4, -0.2) is 23.4 Å². The smallest absolute Gasteiger partial charge is 0.313 e. The van der Waals surface area contributed by atoms with Crippen LogP contribution in [0.3, 0.4) is 0 Å². The van der Waals surface area contributed by atoms with E-state index in [0.717, 1.165) is 0 Å². The average molecular weight is 316 g/mol. The fourth-order valence-electron chi connectivity index (χ4n) is 3.62. The molecule has 1 aliphatic heterocycles. The van der Waals surface area contributed by atoms with Crippen molar-refractivity contribution < 1.29 is 19.1 Å². The zero-order chi connectivity index (χ0) is 16.9. The van der Waals surface area contributed by atoms with E-state index >= 15 is 0 Å². The zero-order valence-electron chi connectivity index (χ0n) is 13.4. The molecule has 2 bridgehead atoms. The molecule has 6 heteroatoms. The molecule has 1 heterocycles. The van der Waals surface area contributed by atoms with Crippen LogP contribution in [0.1, 0.15) is 44.0 Å². The number of hydrogen-bond donors (Lipinski definition) is 2. The summed E-state index contributed by atoms with van der Waals surface area (Å²) in [6.45, 7) is 5.56. The van der Waals surface area contributed by atoms with E-state index in [0.29, 0.717) is 18.4 Å². The van der Waals surface area contributed by atoms with Gasteiger partial charge in [0.15, 0.2) is 5.60 Å². The number of carbonyl (C=O) groups excluding carboxylic acids is 3. The molecule has 122 valence electrons. The van der Waals surface area contributed by atoms with Crippen LogP contribution in [0.15, 0.2) is 30.3 Å². The molecule has 2 N–H and O–H groups in total. The molecule has 0 unspecified atom stereocenters. The summed E-state index contributed by atoms with van der Waals surface area (Å²) < 4.78 is 5.46. The molecule has 6 nitrogen and oxygen atoms in total. The Morgan fingerprint density at radius 2 is 1.70 bits per heavy atom. The first kappa shape index (κ1) is 15.5. The summed E-state index contributed by atoms with van der Waals surface area (Å²) in [6, 6.07) is 8.56. The van der Waals surface area contributed by atoms with Crippen LogP contribution in [0.5, 0.6) is 0 Å². The lowest BCUT2D eigenvalue weighted by Gasteiger charge is -2.35. The number of carbonyl (C=O) groups is 3. The predicted octanol–water partition coefficient (Wildman–Crippen LogP) is 1.57. The van der Waals surface area contributed by atoms with Crippen molar-refractivity contribution in [3.8, 4) is 0 Å². The van der Waals surface area contributed by atoms with E-state index in [2.05, 4.69) is 10.9 Å². The third-order valence-electron chi connectivity index (χ3n) is 5.78. The molecule has 23 heavy (non-hydrogen) atoms. The highest BCUT2D eigenvalue weighted by atomic mass is 16.6.